The van der Waals surface area contributed by atoms with E-state index in [1.807, 2.05) is 0 Å². The van der Waals surface area contributed by atoms with Crippen molar-refractivity contribution >= 4 is 65.1 Å². The summed E-state index contributed by atoms with van der Waals surface area (Å²) in [6.45, 7) is 7.00. The molecule has 444 valence electrons. The number of primary amides is 1. The molecule has 2 heterocycles. The van der Waals surface area contributed by atoms with E-state index >= 15 is 0 Å². The number of aliphatic imine (C=N–C) groups is 1. The number of phenolic OH excluding ortho intramolecular Hbond substituents is 1. The van der Waals surface area contributed by atoms with E-state index < -0.39 is 150 Å². The number of carbonyl (C=O) groups is 10. The number of aliphatic carboxylic acids is 1. The van der Waals surface area contributed by atoms with Crippen LogP contribution in [0.15, 0.2) is 41.8 Å². The first-order chi connectivity index (χ1) is 37.2. The summed E-state index contributed by atoms with van der Waals surface area (Å²) in [5.74, 6) is -18.4. The number of carboxylic acid groups (broad SMARTS) is 1. The third-order valence-corrected chi connectivity index (χ3v) is 12.8. The van der Waals surface area contributed by atoms with Gasteiger partial charge >= 0.3 is 18.3 Å². The Morgan fingerprint density at radius 3 is 1.84 bits per heavy atom. The number of aromatic amines is 1. The molecule has 80 heavy (non-hydrogen) atoms. The van der Waals surface area contributed by atoms with Crippen LogP contribution in [0.25, 0.3) is 0 Å². The Balaban J connectivity index is 1.99. The number of rotatable bonds is 29. The molecule has 0 saturated carbocycles. The lowest BCUT2D eigenvalue weighted by Gasteiger charge is -2.33. The molecular formula is C48H68F6N14O12. The summed E-state index contributed by atoms with van der Waals surface area (Å²) in [5.41, 5.74) is 16.7. The zero-order chi connectivity index (χ0) is 60.4. The zero-order valence-corrected chi connectivity index (χ0v) is 44.2. The molecule has 1 aliphatic heterocycles. The maximum Gasteiger partial charge on any atom is 0.403 e. The number of guanidine groups is 1. The number of aromatic hydroxyl groups is 1. The summed E-state index contributed by atoms with van der Waals surface area (Å²) in [4.78, 5) is 145. The lowest BCUT2D eigenvalue weighted by atomic mass is 9.96. The van der Waals surface area contributed by atoms with Gasteiger partial charge in [-0.05, 0) is 55.2 Å². The first kappa shape index (κ1) is 66.1. The van der Waals surface area contributed by atoms with Gasteiger partial charge in [-0.2, -0.15) is 26.3 Å². The molecule has 26 nitrogen and oxygen atoms in total. The second kappa shape index (κ2) is 29.7. The van der Waals surface area contributed by atoms with Crippen LogP contribution in [0.5, 0.6) is 5.75 Å². The van der Waals surface area contributed by atoms with Gasteiger partial charge in [0.25, 0.3) is 0 Å². The molecule has 16 N–H and O–H groups in total. The third-order valence-electron chi connectivity index (χ3n) is 12.8. The molecule has 0 radical (unpaired) electrons. The minimum absolute atomic E-state index is 0.0140. The molecule has 1 saturated heterocycles. The number of nitrogens with two attached hydrogens (primary N) is 3. The number of hydrogen-bond acceptors (Lipinski definition) is 13. The highest BCUT2D eigenvalue weighted by molar-refractivity contribution is 5.99. The number of nitrogens with one attached hydrogen (secondary N) is 8. The minimum atomic E-state index is -6.17. The fourth-order valence-electron chi connectivity index (χ4n) is 8.47. The Hall–Kier alpha value is -8.22. The van der Waals surface area contributed by atoms with Crippen LogP contribution in [-0.2, 0) is 60.8 Å². The first-order valence-electron chi connectivity index (χ1n) is 25.1. The van der Waals surface area contributed by atoms with Crippen LogP contribution < -0.4 is 54.4 Å². The van der Waals surface area contributed by atoms with Crippen LogP contribution in [0.2, 0.25) is 0 Å². The number of nitrogens with zero attached hydrogens (tertiary/aromatic N) is 3. The Bertz CT molecular complexity index is 2500. The van der Waals surface area contributed by atoms with Crippen molar-refractivity contribution in [3.63, 3.8) is 0 Å². The molecular weight excluding hydrogens is 1080 g/mol. The van der Waals surface area contributed by atoms with Gasteiger partial charge in [0.15, 0.2) is 11.9 Å². The molecule has 1 aromatic heterocycles. The summed E-state index contributed by atoms with van der Waals surface area (Å²) in [7, 11) is 0. The van der Waals surface area contributed by atoms with Crippen molar-refractivity contribution in [1.29, 1.82) is 0 Å². The normalized spacial score (nSPS) is 16.6. The molecule has 32 heteroatoms. The average molecular weight is 1150 g/mol. The number of hydrogen-bond donors (Lipinski definition) is 13. The molecule has 1 fully saturated rings. The largest absolute Gasteiger partial charge is 0.508 e. The maximum atomic E-state index is 14.6. The fraction of sp³-hybridized carbons (Fsp3) is 0.583. The van der Waals surface area contributed by atoms with Crippen LogP contribution in [-0.4, -0.2) is 164 Å². The number of carboxylic acids is 1. The minimum Gasteiger partial charge on any atom is -0.508 e. The van der Waals surface area contributed by atoms with Gasteiger partial charge in [0.2, 0.25) is 53.2 Å². The predicted molar refractivity (Wildman–Crippen MR) is 269 cm³/mol. The van der Waals surface area contributed by atoms with E-state index in [9.17, 15) is 84.5 Å². The number of imidazole rings is 1. The molecule has 9 amide bonds. The summed E-state index contributed by atoms with van der Waals surface area (Å²) < 4.78 is 81.8. The zero-order valence-electron chi connectivity index (χ0n) is 44.2. The van der Waals surface area contributed by atoms with Gasteiger partial charge in [0, 0.05) is 44.7 Å². The molecule has 1 aliphatic rings. The van der Waals surface area contributed by atoms with Gasteiger partial charge in [0.1, 0.15) is 54.1 Å². The number of H-pyrrole nitrogens is 1. The standard InChI is InChI=1S/C48H68F6N14O12/c1-6-23(4)35(43(77)64-31(18-26-20-58-21-60-26)44(78)68-16-8-10-32(68)41(75)67-36(45(79)80)37(47(49,50)51)48(52,53)54)66-40(74)29(17-25-11-13-27(70)14-12-25)63-42(76)34(22(2)3)65-38(72)28(9-7-15-59-46(56)57)62-39(73)30(19-33(55)71)61-24(5)69/h11-14,20-23,28-32,34-37,70H,6-10,15-19H2,1-5H3,(H2,55,71)(H,58,60)(H,61,69)(H,62,73)(H,63,76)(H,64,77)(H,65,72)(H,66,74)(H,67,75)(H,79,80)(H4,56,57,59)/t23-,28-,29-,30-,31-,32+,34-,35-,36-/m0/s1. The highest BCUT2D eigenvalue weighted by Crippen LogP contribution is 2.41. The van der Waals surface area contributed by atoms with Gasteiger partial charge in [-0.1, -0.05) is 46.2 Å². The van der Waals surface area contributed by atoms with E-state index in [-0.39, 0.29) is 69.0 Å². The number of amides is 9. The Labute approximate surface area is 454 Å². The lowest BCUT2D eigenvalue weighted by molar-refractivity contribution is -0.290. The van der Waals surface area contributed by atoms with E-state index in [2.05, 4.69) is 46.9 Å². The van der Waals surface area contributed by atoms with Crippen molar-refractivity contribution in [2.75, 3.05) is 13.1 Å². The average Bonchev–Trinajstić information content (AvgIpc) is 4.07. The lowest BCUT2D eigenvalue weighted by Crippen LogP contribution is -2.62. The van der Waals surface area contributed by atoms with Gasteiger partial charge < -0.3 is 74.5 Å². The number of likely N-dealkylation sites (tertiary alicyclic amines) is 1. The van der Waals surface area contributed by atoms with E-state index in [1.165, 1.54) is 56.0 Å². The molecule has 0 aliphatic carbocycles. The Kier molecular flexibility index (Phi) is 24.5. The highest BCUT2D eigenvalue weighted by Gasteiger charge is 2.63. The second-order valence-electron chi connectivity index (χ2n) is 19.4. The number of halogens is 6. The molecule has 3 rings (SSSR count). The topological polar surface area (TPSA) is 418 Å². The van der Waals surface area contributed by atoms with Crippen molar-refractivity contribution in [2.45, 2.75) is 147 Å². The number of carbonyl (C=O) groups excluding carboxylic acids is 9. The van der Waals surface area contributed by atoms with Crippen molar-refractivity contribution in [1.82, 2.24) is 52.1 Å². The molecule has 9 atom stereocenters. The summed E-state index contributed by atoms with van der Waals surface area (Å²) in [5, 5.41) is 35.8. The van der Waals surface area contributed by atoms with Crippen LogP contribution >= 0.6 is 0 Å². The van der Waals surface area contributed by atoms with Crippen LogP contribution in [0.1, 0.15) is 84.4 Å². The van der Waals surface area contributed by atoms with Gasteiger partial charge in [-0.15, -0.1) is 0 Å². The van der Waals surface area contributed by atoms with E-state index in [4.69, 9.17) is 17.2 Å². The SMILES string of the molecule is CC[C@H](C)[C@H](NC(=O)[C@H](Cc1ccc(O)cc1)NC(=O)[C@@H](NC(=O)[C@H](CCCN=C(N)N)NC(=O)[C@H](CC(N)=O)NC(C)=O)C(C)C)C(=O)N[C@@H](Cc1cnc[nH]1)C(=O)N1CCC[C@@H]1C(=O)N[C@H](C(=O)O)C(C(F)(F)F)C(F)(F)F. The molecule has 1 aromatic carbocycles. The van der Waals surface area contributed by atoms with Gasteiger partial charge in [-0.25, -0.2) is 9.78 Å². The first-order valence-corrected chi connectivity index (χ1v) is 25.1. The van der Waals surface area contributed by atoms with E-state index in [1.54, 1.807) is 13.8 Å². The monoisotopic (exact) mass is 1150 g/mol. The summed E-state index contributed by atoms with van der Waals surface area (Å²) in [6, 6.07) is -9.14. The predicted octanol–water partition coefficient (Wildman–Crippen LogP) is -1.24. The highest BCUT2D eigenvalue weighted by atomic mass is 19.4. The molecule has 0 bridgehead atoms. The summed E-state index contributed by atoms with van der Waals surface area (Å²) in [6.07, 6.45) is -11.5. The van der Waals surface area contributed by atoms with Crippen LogP contribution in [0, 0.1) is 17.8 Å². The molecule has 0 spiro atoms. The van der Waals surface area contributed by atoms with Crippen molar-refractivity contribution in [3.8, 4) is 5.75 Å². The smallest absolute Gasteiger partial charge is 0.403 e. The van der Waals surface area contributed by atoms with E-state index in [0.29, 0.717) is 5.56 Å². The number of benzene rings is 1. The second-order valence-corrected chi connectivity index (χ2v) is 19.4. The number of aromatic nitrogens is 2. The molecule has 0 unspecified atom stereocenters. The molecule has 2 aromatic rings. The Morgan fingerprint density at radius 2 is 1.31 bits per heavy atom. The number of alkyl halides is 6. The van der Waals surface area contributed by atoms with Crippen molar-refractivity contribution < 1.29 is 84.5 Å². The van der Waals surface area contributed by atoms with Crippen LogP contribution in [0.3, 0.4) is 0 Å². The van der Waals surface area contributed by atoms with Gasteiger partial charge in [0.05, 0.1) is 12.7 Å². The number of phenols is 1. The fourth-order valence-corrected chi connectivity index (χ4v) is 8.47. The third kappa shape index (κ3) is 20.2. The van der Waals surface area contributed by atoms with Crippen LogP contribution in [0.4, 0.5) is 26.3 Å². The van der Waals surface area contributed by atoms with Crippen molar-refractivity contribution in [3.05, 3.63) is 48.0 Å². The van der Waals surface area contributed by atoms with E-state index in [0.717, 1.165) is 11.8 Å². The van der Waals surface area contributed by atoms with Gasteiger partial charge in [-0.3, -0.25) is 48.1 Å². The quantitative estimate of drug-likeness (QED) is 0.0196. The van der Waals surface area contributed by atoms with Crippen molar-refractivity contribution in [2.24, 2.45) is 39.9 Å². The maximum absolute atomic E-state index is 14.6. The Morgan fingerprint density at radius 1 is 0.750 bits per heavy atom. The summed E-state index contributed by atoms with van der Waals surface area (Å²) >= 11 is 0.